The molecule has 1 N–H and O–H groups in total. The van der Waals surface area contributed by atoms with Gasteiger partial charge in [-0.15, -0.1) is 0 Å². The predicted octanol–water partition coefficient (Wildman–Crippen LogP) is 4.22. The summed E-state index contributed by atoms with van der Waals surface area (Å²) in [4.78, 5) is 19.4. The van der Waals surface area contributed by atoms with Crippen LogP contribution in [0.1, 0.15) is 16.2 Å². The van der Waals surface area contributed by atoms with Crippen molar-refractivity contribution in [2.75, 3.05) is 0 Å². The normalized spacial score (nSPS) is 11.2. The Kier molecular flexibility index (Phi) is 3.48. The van der Waals surface area contributed by atoms with E-state index in [9.17, 15) is 4.79 Å². The van der Waals surface area contributed by atoms with Crippen LogP contribution in [-0.4, -0.2) is 15.8 Å². The van der Waals surface area contributed by atoms with Crippen LogP contribution < -0.4 is 0 Å². The van der Waals surface area contributed by atoms with Crippen LogP contribution in [-0.2, 0) is 0 Å². The monoisotopic (exact) mass is 326 g/mol. The molecule has 0 saturated heterocycles. The highest BCUT2D eigenvalue weighted by Crippen LogP contribution is 2.13. The fraction of sp³-hybridized carbons (Fsp3) is 0. The van der Waals surface area contributed by atoms with Crippen LogP contribution >= 0.6 is 15.9 Å². The van der Waals surface area contributed by atoms with Gasteiger partial charge in [0.25, 0.3) is 0 Å². The molecule has 98 valence electrons. The molecule has 0 aliphatic heterocycles. The molecule has 0 amide bonds. The summed E-state index contributed by atoms with van der Waals surface area (Å²) in [5.41, 5.74) is 2.64. The van der Waals surface area contributed by atoms with Crippen molar-refractivity contribution in [2.24, 2.45) is 0 Å². The number of hydrogen-bond acceptors (Lipinski definition) is 2. The number of aromatic nitrogens is 2. The lowest BCUT2D eigenvalue weighted by Crippen LogP contribution is -1.96. The third kappa shape index (κ3) is 2.70. The van der Waals surface area contributed by atoms with Gasteiger partial charge >= 0.3 is 0 Å². The van der Waals surface area contributed by atoms with E-state index in [0.29, 0.717) is 5.82 Å². The number of carbonyl (C=O) groups excluding carboxylic acids is 1. The number of rotatable bonds is 3. The highest BCUT2D eigenvalue weighted by molar-refractivity contribution is 9.10. The largest absolute Gasteiger partial charge is 0.335 e. The molecule has 3 rings (SSSR count). The maximum Gasteiger partial charge on any atom is 0.221 e. The molecule has 3 aromatic rings. The van der Waals surface area contributed by atoms with E-state index in [1.807, 2.05) is 48.5 Å². The second-order valence-corrected chi connectivity index (χ2v) is 5.27. The van der Waals surface area contributed by atoms with Gasteiger partial charge in [-0.05, 0) is 35.9 Å². The summed E-state index contributed by atoms with van der Waals surface area (Å²) in [6.45, 7) is 0. The summed E-state index contributed by atoms with van der Waals surface area (Å²) >= 11 is 3.38. The number of ketones is 1. The van der Waals surface area contributed by atoms with E-state index in [0.717, 1.165) is 21.1 Å². The minimum absolute atomic E-state index is 0.135. The summed E-state index contributed by atoms with van der Waals surface area (Å²) in [6.07, 6.45) is 3.31. The van der Waals surface area contributed by atoms with Crippen LogP contribution in [0.25, 0.3) is 17.1 Å². The van der Waals surface area contributed by atoms with Gasteiger partial charge in [0.1, 0.15) is 0 Å². The van der Waals surface area contributed by atoms with Crippen molar-refractivity contribution in [1.82, 2.24) is 9.97 Å². The topological polar surface area (TPSA) is 45.8 Å². The van der Waals surface area contributed by atoms with Gasteiger partial charge in [-0.2, -0.15) is 0 Å². The number of carbonyl (C=O) groups is 1. The minimum atomic E-state index is -0.135. The van der Waals surface area contributed by atoms with E-state index in [2.05, 4.69) is 25.9 Å². The fourth-order valence-corrected chi connectivity index (χ4v) is 2.16. The van der Waals surface area contributed by atoms with E-state index in [1.54, 1.807) is 6.08 Å². The first-order chi connectivity index (χ1) is 9.72. The average molecular weight is 327 g/mol. The van der Waals surface area contributed by atoms with Crippen LogP contribution in [0.4, 0.5) is 0 Å². The van der Waals surface area contributed by atoms with Crippen molar-refractivity contribution in [2.45, 2.75) is 0 Å². The van der Waals surface area contributed by atoms with E-state index < -0.39 is 0 Å². The second-order valence-electron chi connectivity index (χ2n) is 4.35. The summed E-state index contributed by atoms with van der Waals surface area (Å²) in [6, 6.07) is 15.3. The zero-order valence-electron chi connectivity index (χ0n) is 10.5. The highest BCUT2D eigenvalue weighted by atomic mass is 79.9. The molecule has 0 atom stereocenters. The molecule has 4 heteroatoms. The van der Waals surface area contributed by atoms with Crippen LogP contribution in [0.5, 0.6) is 0 Å². The maximum atomic E-state index is 12.1. The molecule has 0 radical (unpaired) electrons. The van der Waals surface area contributed by atoms with Gasteiger partial charge in [-0.1, -0.05) is 46.3 Å². The Morgan fingerprint density at radius 3 is 2.60 bits per heavy atom. The van der Waals surface area contributed by atoms with Gasteiger partial charge in [0.2, 0.25) is 5.78 Å². The van der Waals surface area contributed by atoms with E-state index in [4.69, 9.17) is 0 Å². The zero-order chi connectivity index (χ0) is 13.9. The number of fused-ring (bicyclic) bond motifs is 1. The molecule has 3 nitrogen and oxygen atoms in total. The summed E-state index contributed by atoms with van der Waals surface area (Å²) in [7, 11) is 0. The molecule has 0 aliphatic rings. The number of nitrogens with zero attached hydrogens (tertiary/aromatic N) is 1. The van der Waals surface area contributed by atoms with Gasteiger partial charge in [-0.25, -0.2) is 4.98 Å². The van der Waals surface area contributed by atoms with Gasteiger partial charge < -0.3 is 4.98 Å². The van der Waals surface area contributed by atoms with Crippen molar-refractivity contribution >= 4 is 38.8 Å². The summed E-state index contributed by atoms with van der Waals surface area (Å²) in [5, 5.41) is 0. The summed E-state index contributed by atoms with van der Waals surface area (Å²) in [5.74, 6) is 0.226. The summed E-state index contributed by atoms with van der Waals surface area (Å²) < 4.78 is 1.01. The van der Waals surface area contributed by atoms with E-state index >= 15 is 0 Å². The number of para-hydroxylation sites is 2. The molecule has 0 unspecified atom stereocenters. The maximum absolute atomic E-state index is 12.1. The molecule has 2 aromatic carbocycles. The Morgan fingerprint density at radius 2 is 1.85 bits per heavy atom. The van der Waals surface area contributed by atoms with Crippen LogP contribution in [0.2, 0.25) is 0 Å². The number of imidazole rings is 1. The Labute approximate surface area is 124 Å². The first-order valence-corrected chi connectivity index (χ1v) is 6.94. The number of hydrogen-bond donors (Lipinski definition) is 1. The standard InChI is InChI=1S/C16H11BrN2O/c17-12-8-5-11(6-9-12)7-10-15(20)16-18-13-3-1-2-4-14(13)19-16/h1-10H,(H,18,19)/b10-7+. The third-order valence-corrected chi connectivity index (χ3v) is 3.45. The van der Waals surface area contributed by atoms with Crippen molar-refractivity contribution in [3.05, 3.63) is 70.5 Å². The quantitative estimate of drug-likeness (QED) is 0.578. The molecule has 0 fully saturated rings. The van der Waals surface area contributed by atoms with Crippen molar-refractivity contribution < 1.29 is 4.79 Å². The average Bonchev–Trinajstić information content (AvgIpc) is 2.90. The number of H-pyrrole nitrogens is 1. The van der Waals surface area contributed by atoms with Crippen LogP contribution in [0, 0.1) is 0 Å². The molecule has 0 spiro atoms. The number of halogens is 1. The van der Waals surface area contributed by atoms with Crippen LogP contribution in [0.3, 0.4) is 0 Å². The Balaban J connectivity index is 1.83. The highest BCUT2D eigenvalue weighted by Gasteiger charge is 2.07. The number of benzene rings is 2. The van der Waals surface area contributed by atoms with Gasteiger partial charge in [0, 0.05) is 4.47 Å². The zero-order valence-corrected chi connectivity index (χ0v) is 12.1. The molecule has 0 aliphatic carbocycles. The number of aromatic amines is 1. The molecule has 1 aromatic heterocycles. The Bertz CT molecular complexity index is 755. The van der Waals surface area contributed by atoms with Gasteiger partial charge in [-0.3, -0.25) is 4.79 Å². The smallest absolute Gasteiger partial charge is 0.221 e. The van der Waals surface area contributed by atoms with Crippen molar-refractivity contribution in [3.8, 4) is 0 Å². The van der Waals surface area contributed by atoms with E-state index in [-0.39, 0.29) is 5.78 Å². The molecule has 20 heavy (non-hydrogen) atoms. The first kappa shape index (κ1) is 12.8. The lowest BCUT2D eigenvalue weighted by atomic mass is 10.2. The predicted molar refractivity (Wildman–Crippen MR) is 83.6 cm³/mol. The van der Waals surface area contributed by atoms with Gasteiger partial charge in [0.05, 0.1) is 11.0 Å². The second kappa shape index (κ2) is 5.43. The fourth-order valence-electron chi connectivity index (χ4n) is 1.89. The number of allylic oxidation sites excluding steroid dienone is 1. The van der Waals surface area contributed by atoms with Crippen LogP contribution in [0.15, 0.2) is 59.1 Å². The molecule has 0 saturated carbocycles. The molecule has 1 heterocycles. The first-order valence-electron chi connectivity index (χ1n) is 6.15. The molecule has 0 bridgehead atoms. The SMILES string of the molecule is O=C(/C=C/c1ccc(Br)cc1)c1nc2ccccc2[nH]1. The number of nitrogens with one attached hydrogen (secondary N) is 1. The Hall–Kier alpha value is -2.20. The molecular formula is C16H11BrN2O. The molecular weight excluding hydrogens is 316 g/mol. The van der Waals surface area contributed by atoms with E-state index in [1.165, 1.54) is 6.08 Å². The lowest BCUT2D eigenvalue weighted by Gasteiger charge is -1.93. The minimum Gasteiger partial charge on any atom is -0.335 e. The lowest BCUT2D eigenvalue weighted by molar-refractivity contribution is 0.103. The van der Waals surface area contributed by atoms with Crippen molar-refractivity contribution in [3.63, 3.8) is 0 Å². The van der Waals surface area contributed by atoms with Gasteiger partial charge in [0.15, 0.2) is 5.82 Å². The van der Waals surface area contributed by atoms with Crippen molar-refractivity contribution in [1.29, 1.82) is 0 Å². The third-order valence-electron chi connectivity index (χ3n) is 2.92. The Morgan fingerprint density at radius 1 is 1.10 bits per heavy atom.